The molecule has 10 heteroatoms. The van der Waals surface area contributed by atoms with Crippen molar-refractivity contribution in [3.8, 4) is 0 Å². The molecule has 0 aliphatic carbocycles. The van der Waals surface area contributed by atoms with Gasteiger partial charge in [-0.1, -0.05) is 11.6 Å². The van der Waals surface area contributed by atoms with Gasteiger partial charge >= 0.3 is 0 Å². The van der Waals surface area contributed by atoms with Crippen LogP contribution in [0.2, 0.25) is 5.02 Å². The zero-order chi connectivity index (χ0) is 18.0. The molecule has 0 aliphatic heterocycles. The van der Waals surface area contributed by atoms with Crippen molar-refractivity contribution in [3.05, 3.63) is 59.6 Å². The van der Waals surface area contributed by atoms with Crippen LogP contribution in [-0.4, -0.2) is 23.2 Å². The molecule has 0 saturated heterocycles. The van der Waals surface area contributed by atoms with Crippen LogP contribution in [0.15, 0.2) is 63.7 Å². The van der Waals surface area contributed by atoms with E-state index < -0.39 is 15.8 Å². The molecule has 0 amide bonds. The Morgan fingerprint density at radius 1 is 1.20 bits per heavy atom. The zero-order valence-corrected chi connectivity index (χ0v) is 15.2. The predicted molar refractivity (Wildman–Crippen MR) is 93.8 cm³/mol. The van der Waals surface area contributed by atoms with Crippen LogP contribution in [0.5, 0.6) is 0 Å². The molecule has 0 saturated carbocycles. The first-order chi connectivity index (χ1) is 11.8. The van der Waals surface area contributed by atoms with Crippen molar-refractivity contribution in [2.45, 2.75) is 14.9 Å². The molecular weight excluding hydrogens is 387 g/mol. The lowest BCUT2D eigenvalue weighted by molar-refractivity contribution is 0.599. The SMILES string of the molecule is Cn1cnnc1Sc1ccc(NS(=O)(=O)c2ccc(F)c(Cl)c2)cc1. The summed E-state index contributed by atoms with van der Waals surface area (Å²) in [5.74, 6) is -0.675. The second-order valence-corrected chi connectivity index (χ2v) is 8.16. The topological polar surface area (TPSA) is 76.9 Å². The number of sulfonamides is 1. The maximum Gasteiger partial charge on any atom is 0.261 e. The van der Waals surface area contributed by atoms with Gasteiger partial charge in [-0.2, -0.15) is 0 Å². The lowest BCUT2D eigenvalue weighted by atomic mass is 10.3. The molecule has 0 spiro atoms. The summed E-state index contributed by atoms with van der Waals surface area (Å²) >= 11 is 7.04. The number of anilines is 1. The summed E-state index contributed by atoms with van der Waals surface area (Å²) in [6.45, 7) is 0. The summed E-state index contributed by atoms with van der Waals surface area (Å²) < 4.78 is 42.1. The quantitative estimate of drug-likeness (QED) is 0.711. The molecule has 0 bridgehead atoms. The predicted octanol–water partition coefficient (Wildman–Crippen LogP) is 3.56. The van der Waals surface area contributed by atoms with Gasteiger partial charge in [0.15, 0.2) is 5.16 Å². The molecule has 130 valence electrons. The highest BCUT2D eigenvalue weighted by molar-refractivity contribution is 7.99. The van der Waals surface area contributed by atoms with Crippen LogP contribution in [-0.2, 0) is 17.1 Å². The van der Waals surface area contributed by atoms with Crippen LogP contribution < -0.4 is 4.72 Å². The van der Waals surface area contributed by atoms with Crippen LogP contribution in [0, 0.1) is 5.82 Å². The largest absolute Gasteiger partial charge is 0.311 e. The fraction of sp³-hybridized carbons (Fsp3) is 0.0667. The zero-order valence-electron chi connectivity index (χ0n) is 12.8. The molecular formula is C15H12ClFN4O2S2. The first kappa shape index (κ1) is 17.7. The third-order valence-corrected chi connectivity index (χ3v) is 5.92. The highest BCUT2D eigenvalue weighted by atomic mass is 35.5. The van der Waals surface area contributed by atoms with Crippen LogP contribution in [0.4, 0.5) is 10.1 Å². The van der Waals surface area contributed by atoms with Gasteiger partial charge in [-0.3, -0.25) is 4.72 Å². The van der Waals surface area contributed by atoms with Crippen LogP contribution >= 0.6 is 23.4 Å². The van der Waals surface area contributed by atoms with Gasteiger partial charge < -0.3 is 4.57 Å². The molecule has 0 unspecified atom stereocenters. The number of nitrogens with zero attached hydrogens (tertiary/aromatic N) is 3. The molecule has 25 heavy (non-hydrogen) atoms. The third kappa shape index (κ3) is 4.12. The number of aryl methyl sites for hydroxylation is 1. The molecule has 1 aromatic heterocycles. The number of hydrogen-bond acceptors (Lipinski definition) is 5. The molecule has 0 fully saturated rings. The minimum atomic E-state index is -3.86. The molecule has 3 rings (SSSR count). The van der Waals surface area contributed by atoms with Gasteiger partial charge in [0, 0.05) is 17.6 Å². The Hall–Kier alpha value is -2.10. The van der Waals surface area contributed by atoms with Gasteiger partial charge in [-0.05, 0) is 54.2 Å². The molecule has 0 aliphatic rings. The molecule has 0 atom stereocenters. The van der Waals surface area contributed by atoms with E-state index >= 15 is 0 Å². The number of hydrogen-bond donors (Lipinski definition) is 1. The van der Waals surface area contributed by atoms with Crippen LogP contribution in [0.1, 0.15) is 0 Å². The summed E-state index contributed by atoms with van der Waals surface area (Å²) in [6.07, 6.45) is 1.60. The Bertz CT molecular complexity index is 1010. The average Bonchev–Trinajstić information content (AvgIpc) is 2.96. The van der Waals surface area contributed by atoms with Crippen molar-refractivity contribution < 1.29 is 12.8 Å². The minimum Gasteiger partial charge on any atom is -0.311 e. The van der Waals surface area contributed by atoms with E-state index in [4.69, 9.17) is 11.6 Å². The molecule has 2 aromatic carbocycles. The van der Waals surface area contributed by atoms with E-state index in [2.05, 4.69) is 14.9 Å². The van der Waals surface area contributed by atoms with Gasteiger partial charge in [0.05, 0.1) is 9.92 Å². The second-order valence-electron chi connectivity index (χ2n) is 5.03. The van der Waals surface area contributed by atoms with Crippen molar-refractivity contribution in [1.29, 1.82) is 0 Å². The lowest BCUT2D eigenvalue weighted by Crippen LogP contribution is -2.13. The van der Waals surface area contributed by atoms with Gasteiger partial charge in [0.1, 0.15) is 12.1 Å². The summed E-state index contributed by atoms with van der Waals surface area (Å²) in [6, 6.07) is 10.0. The van der Waals surface area contributed by atoms with E-state index in [0.29, 0.717) is 10.8 Å². The Morgan fingerprint density at radius 3 is 2.52 bits per heavy atom. The van der Waals surface area contributed by atoms with Crippen molar-refractivity contribution >= 4 is 39.1 Å². The smallest absolute Gasteiger partial charge is 0.261 e. The van der Waals surface area contributed by atoms with E-state index in [-0.39, 0.29) is 9.92 Å². The van der Waals surface area contributed by atoms with E-state index in [1.807, 2.05) is 7.05 Å². The average molecular weight is 399 g/mol. The summed E-state index contributed by atoms with van der Waals surface area (Å²) in [5, 5.41) is 8.23. The Labute approximate surface area is 153 Å². The molecule has 1 N–H and O–H groups in total. The Morgan fingerprint density at radius 2 is 1.92 bits per heavy atom. The number of nitrogens with one attached hydrogen (secondary N) is 1. The first-order valence-corrected chi connectivity index (χ1v) is 9.63. The molecule has 3 aromatic rings. The fourth-order valence-electron chi connectivity index (χ4n) is 1.92. The van der Waals surface area contributed by atoms with Crippen molar-refractivity contribution in [1.82, 2.24) is 14.8 Å². The number of aromatic nitrogens is 3. The Kier molecular flexibility index (Phi) is 4.98. The minimum absolute atomic E-state index is 0.114. The van der Waals surface area contributed by atoms with Crippen molar-refractivity contribution in [3.63, 3.8) is 0 Å². The summed E-state index contributed by atoms with van der Waals surface area (Å²) in [7, 11) is -2.02. The van der Waals surface area contributed by atoms with E-state index in [9.17, 15) is 12.8 Å². The Balaban J connectivity index is 1.76. The van der Waals surface area contributed by atoms with Gasteiger partial charge in [-0.15, -0.1) is 10.2 Å². The van der Waals surface area contributed by atoms with Crippen molar-refractivity contribution in [2.24, 2.45) is 7.05 Å². The van der Waals surface area contributed by atoms with Gasteiger partial charge in [-0.25, -0.2) is 12.8 Å². The van der Waals surface area contributed by atoms with Crippen molar-refractivity contribution in [2.75, 3.05) is 4.72 Å². The van der Waals surface area contributed by atoms with Crippen LogP contribution in [0.25, 0.3) is 0 Å². The second kappa shape index (κ2) is 7.03. The highest BCUT2D eigenvalue weighted by Crippen LogP contribution is 2.27. The summed E-state index contributed by atoms with van der Waals surface area (Å²) in [4.78, 5) is 0.764. The van der Waals surface area contributed by atoms with Crippen LogP contribution in [0.3, 0.4) is 0 Å². The molecule has 0 radical (unpaired) electrons. The number of rotatable bonds is 5. The maximum absolute atomic E-state index is 13.2. The lowest BCUT2D eigenvalue weighted by Gasteiger charge is -2.09. The van der Waals surface area contributed by atoms with Gasteiger partial charge in [0.2, 0.25) is 0 Å². The molecule has 1 heterocycles. The first-order valence-electron chi connectivity index (χ1n) is 6.95. The highest BCUT2D eigenvalue weighted by Gasteiger charge is 2.16. The van der Waals surface area contributed by atoms with Gasteiger partial charge in [0.25, 0.3) is 10.0 Å². The fourth-order valence-corrected chi connectivity index (χ4v) is 4.01. The van der Waals surface area contributed by atoms with E-state index in [1.54, 1.807) is 35.2 Å². The van der Waals surface area contributed by atoms with E-state index in [1.165, 1.54) is 11.8 Å². The number of benzene rings is 2. The van der Waals surface area contributed by atoms with E-state index in [0.717, 1.165) is 23.1 Å². The maximum atomic E-state index is 13.2. The third-order valence-electron chi connectivity index (χ3n) is 3.19. The standard InChI is InChI=1S/C15H12ClFN4O2S2/c1-21-9-18-19-15(21)24-11-4-2-10(3-5-11)20-25(22,23)12-6-7-14(17)13(16)8-12/h2-9,20H,1H3. The summed E-state index contributed by atoms with van der Waals surface area (Å²) in [5.41, 5.74) is 0.378. The number of halogens is 2. The normalized spacial score (nSPS) is 11.5. The monoisotopic (exact) mass is 398 g/mol. The molecule has 6 nitrogen and oxygen atoms in total.